The third kappa shape index (κ3) is 4.52. The van der Waals surface area contributed by atoms with Crippen molar-refractivity contribution in [2.24, 2.45) is 5.73 Å². The summed E-state index contributed by atoms with van der Waals surface area (Å²) in [5, 5.41) is 4.01. The van der Waals surface area contributed by atoms with Crippen LogP contribution in [-0.2, 0) is 10.5 Å². The lowest BCUT2D eigenvalue weighted by atomic mass is 10.2. The largest absolute Gasteiger partial charge is 0.368 e. The summed E-state index contributed by atoms with van der Waals surface area (Å²) in [5.41, 5.74) is 6.59. The van der Waals surface area contributed by atoms with E-state index in [-0.39, 0.29) is 11.9 Å². The molecule has 1 aromatic rings. The fraction of sp³-hybridized carbons (Fsp3) is 0.462. The van der Waals surface area contributed by atoms with Crippen molar-refractivity contribution in [3.63, 3.8) is 0 Å². The third-order valence-electron chi connectivity index (χ3n) is 2.82. The van der Waals surface area contributed by atoms with Crippen LogP contribution in [0.15, 0.2) is 24.3 Å². The SMILES string of the molecule is NC(=O)C(CSCc1ccc(Cl)cc1)NC1CC1. The summed E-state index contributed by atoms with van der Waals surface area (Å²) in [7, 11) is 0. The molecule has 18 heavy (non-hydrogen) atoms. The van der Waals surface area contributed by atoms with Gasteiger partial charge in [0.25, 0.3) is 0 Å². The molecule has 5 heteroatoms. The molecule has 0 heterocycles. The molecule has 1 aliphatic rings. The summed E-state index contributed by atoms with van der Waals surface area (Å²) in [6.45, 7) is 0. The van der Waals surface area contributed by atoms with Gasteiger partial charge in [0, 0.05) is 22.6 Å². The molecule has 3 N–H and O–H groups in total. The zero-order valence-electron chi connectivity index (χ0n) is 10.1. The highest BCUT2D eigenvalue weighted by atomic mass is 35.5. The second-order valence-corrected chi connectivity index (χ2v) is 6.00. The Hall–Kier alpha value is -0.710. The quantitative estimate of drug-likeness (QED) is 0.807. The second-order valence-electron chi connectivity index (χ2n) is 4.54. The summed E-state index contributed by atoms with van der Waals surface area (Å²) in [5.74, 6) is 1.33. The smallest absolute Gasteiger partial charge is 0.235 e. The van der Waals surface area contributed by atoms with Crippen molar-refractivity contribution in [3.8, 4) is 0 Å². The van der Waals surface area contributed by atoms with Gasteiger partial charge in [-0.2, -0.15) is 11.8 Å². The lowest BCUT2D eigenvalue weighted by Gasteiger charge is -2.14. The third-order valence-corrected chi connectivity index (χ3v) is 4.18. The van der Waals surface area contributed by atoms with Crippen LogP contribution in [0.25, 0.3) is 0 Å². The van der Waals surface area contributed by atoms with E-state index in [4.69, 9.17) is 17.3 Å². The van der Waals surface area contributed by atoms with E-state index in [2.05, 4.69) is 5.32 Å². The molecule has 1 aromatic carbocycles. The predicted octanol–water partition coefficient (Wildman–Crippen LogP) is 2.18. The fourth-order valence-corrected chi connectivity index (χ4v) is 2.79. The van der Waals surface area contributed by atoms with Crippen LogP contribution in [0.1, 0.15) is 18.4 Å². The molecule has 0 aliphatic heterocycles. The Morgan fingerprint density at radius 1 is 1.44 bits per heavy atom. The standard InChI is InChI=1S/C13H17ClN2OS/c14-10-3-1-9(2-4-10)7-18-8-12(13(15)17)16-11-5-6-11/h1-4,11-12,16H,5-8H2,(H2,15,17). The number of thioether (sulfide) groups is 1. The van der Waals surface area contributed by atoms with Crippen LogP contribution in [-0.4, -0.2) is 23.7 Å². The van der Waals surface area contributed by atoms with E-state index < -0.39 is 0 Å². The van der Waals surface area contributed by atoms with E-state index in [0.717, 1.165) is 23.6 Å². The zero-order chi connectivity index (χ0) is 13.0. The van der Waals surface area contributed by atoms with Crippen LogP contribution < -0.4 is 11.1 Å². The fourth-order valence-electron chi connectivity index (χ4n) is 1.62. The summed E-state index contributed by atoms with van der Waals surface area (Å²) in [4.78, 5) is 11.3. The van der Waals surface area contributed by atoms with Gasteiger partial charge in [-0.15, -0.1) is 0 Å². The van der Waals surface area contributed by atoms with E-state index in [0.29, 0.717) is 11.8 Å². The lowest BCUT2D eigenvalue weighted by molar-refractivity contribution is -0.119. The van der Waals surface area contributed by atoms with Gasteiger partial charge in [0.15, 0.2) is 0 Å². The number of carbonyl (C=O) groups excluding carboxylic acids is 1. The van der Waals surface area contributed by atoms with Gasteiger partial charge in [-0.25, -0.2) is 0 Å². The molecule has 1 amide bonds. The number of amides is 1. The van der Waals surface area contributed by atoms with Gasteiger partial charge in [0.05, 0.1) is 6.04 Å². The predicted molar refractivity (Wildman–Crippen MR) is 76.8 cm³/mol. The Labute approximate surface area is 116 Å². The molecule has 1 atom stereocenters. The number of nitrogens with two attached hydrogens (primary N) is 1. The average Bonchev–Trinajstić information content (AvgIpc) is 3.14. The molecule has 3 nitrogen and oxygen atoms in total. The normalized spacial score (nSPS) is 16.5. The minimum absolute atomic E-state index is 0.213. The number of primary amides is 1. The first-order valence-electron chi connectivity index (χ1n) is 6.02. The Balaban J connectivity index is 1.75. The highest BCUT2D eigenvalue weighted by Crippen LogP contribution is 2.21. The van der Waals surface area contributed by atoms with Gasteiger partial charge >= 0.3 is 0 Å². The summed E-state index contributed by atoms with van der Waals surface area (Å²) in [6.07, 6.45) is 2.32. The monoisotopic (exact) mass is 284 g/mol. The summed E-state index contributed by atoms with van der Waals surface area (Å²) in [6, 6.07) is 8.05. The molecule has 98 valence electrons. The molecule has 0 aromatic heterocycles. The average molecular weight is 285 g/mol. The van der Waals surface area contributed by atoms with Gasteiger partial charge in [0.2, 0.25) is 5.91 Å². The first-order chi connectivity index (χ1) is 8.65. The topological polar surface area (TPSA) is 55.1 Å². The minimum Gasteiger partial charge on any atom is -0.368 e. The number of benzene rings is 1. The van der Waals surface area contributed by atoms with Crippen molar-refractivity contribution in [1.29, 1.82) is 0 Å². The number of halogens is 1. The molecule has 1 unspecified atom stereocenters. The van der Waals surface area contributed by atoms with Crippen LogP contribution in [0.4, 0.5) is 0 Å². The van der Waals surface area contributed by atoms with E-state index in [9.17, 15) is 4.79 Å². The molecule has 2 rings (SSSR count). The molecular formula is C13H17ClN2OS. The molecular weight excluding hydrogens is 268 g/mol. The van der Waals surface area contributed by atoms with Crippen LogP contribution in [0.5, 0.6) is 0 Å². The van der Waals surface area contributed by atoms with E-state index in [1.54, 1.807) is 11.8 Å². The van der Waals surface area contributed by atoms with Crippen molar-refractivity contribution in [3.05, 3.63) is 34.9 Å². The number of carbonyl (C=O) groups is 1. The van der Waals surface area contributed by atoms with Crippen molar-refractivity contribution in [2.45, 2.75) is 30.7 Å². The van der Waals surface area contributed by atoms with Gasteiger partial charge in [0.1, 0.15) is 0 Å². The first kappa shape index (κ1) is 13.7. The van der Waals surface area contributed by atoms with Crippen LogP contribution in [0, 0.1) is 0 Å². The van der Waals surface area contributed by atoms with Crippen molar-refractivity contribution >= 4 is 29.3 Å². The van der Waals surface area contributed by atoms with Crippen molar-refractivity contribution in [2.75, 3.05) is 5.75 Å². The van der Waals surface area contributed by atoms with Crippen LogP contribution >= 0.6 is 23.4 Å². The Bertz CT molecular complexity index is 406. The van der Waals surface area contributed by atoms with Gasteiger partial charge in [-0.05, 0) is 30.5 Å². The van der Waals surface area contributed by atoms with Crippen molar-refractivity contribution < 1.29 is 4.79 Å². The Morgan fingerprint density at radius 2 is 2.11 bits per heavy atom. The molecule has 0 radical (unpaired) electrons. The molecule has 1 fully saturated rings. The molecule has 1 aliphatic carbocycles. The number of hydrogen-bond donors (Lipinski definition) is 2. The maximum absolute atomic E-state index is 11.3. The van der Waals surface area contributed by atoms with E-state index in [1.165, 1.54) is 5.56 Å². The van der Waals surface area contributed by atoms with E-state index in [1.807, 2.05) is 24.3 Å². The zero-order valence-corrected chi connectivity index (χ0v) is 11.6. The van der Waals surface area contributed by atoms with Gasteiger partial charge in [-0.3, -0.25) is 4.79 Å². The first-order valence-corrected chi connectivity index (χ1v) is 7.56. The second kappa shape index (κ2) is 6.45. The van der Waals surface area contributed by atoms with Gasteiger partial charge in [-0.1, -0.05) is 23.7 Å². The maximum atomic E-state index is 11.3. The minimum atomic E-state index is -0.259. The van der Waals surface area contributed by atoms with Gasteiger partial charge < -0.3 is 11.1 Å². The van der Waals surface area contributed by atoms with E-state index >= 15 is 0 Å². The maximum Gasteiger partial charge on any atom is 0.235 e. The van der Waals surface area contributed by atoms with Crippen LogP contribution in [0.2, 0.25) is 5.02 Å². The molecule has 0 bridgehead atoms. The van der Waals surface area contributed by atoms with Crippen LogP contribution in [0.3, 0.4) is 0 Å². The lowest BCUT2D eigenvalue weighted by Crippen LogP contribution is -2.44. The summed E-state index contributed by atoms with van der Waals surface area (Å²) >= 11 is 7.54. The summed E-state index contributed by atoms with van der Waals surface area (Å²) < 4.78 is 0. The molecule has 1 saturated carbocycles. The van der Waals surface area contributed by atoms with Crippen molar-refractivity contribution in [1.82, 2.24) is 5.32 Å². The highest BCUT2D eigenvalue weighted by Gasteiger charge is 2.26. The molecule has 0 saturated heterocycles. The number of hydrogen-bond acceptors (Lipinski definition) is 3. The molecule has 0 spiro atoms. The number of rotatable bonds is 7. The highest BCUT2D eigenvalue weighted by molar-refractivity contribution is 7.98. The Morgan fingerprint density at radius 3 is 2.67 bits per heavy atom. The Kier molecular flexibility index (Phi) is 4.92. The number of nitrogens with one attached hydrogen (secondary N) is 1.